The number of halogens is 1. The van der Waals surface area contributed by atoms with Gasteiger partial charge in [0, 0.05) is 6.20 Å². The molecule has 0 fully saturated rings. The Balaban J connectivity index is 2.98. The minimum Gasteiger partial charge on any atom is -0.462 e. The standard InChI is InChI=1S/C13H10FN3O2/c1-2-19-13(18)9(6-15)8-17-12-5-3-4-11(14)10(12)7-16/h3-5,8,17H,2H2,1H3/b9-8-. The molecule has 1 rings (SSSR count). The third kappa shape index (κ3) is 3.55. The van der Waals surface area contributed by atoms with E-state index in [1.807, 2.05) is 0 Å². The van der Waals surface area contributed by atoms with Crippen molar-refractivity contribution in [2.45, 2.75) is 6.92 Å². The van der Waals surface area contributed by atoms with Gasteiger partial charge in [0.05, 0.1) is 12.3 Å². The minimum atomic E-state index is -0.785. The van der Waals surface area contributed by atoms with Gasteiger partial charge in [-0.25, -0.2) is 9.18 Å². The van der Waals surface area contributed by atoms with Crippen LogP contribution in [-0.4, -0.2) is 12.6 Å². The lowest BCUT2D eigenvalue weighted by molar-refractivity contribution is -0.138. The van der Waals surface area contributed by atoms with E-state index < -0.39 is 11.8 Å². The maximum absolute atomic E-state index is 13.3. The lowest BCUT2D eigenvalue weighted by Crippen LogP contribution is -2.08. The van der Waals surface area contributed by atoms with Gasteiger partial charge >= 0.3 is 5.97 Å². The molecule has 0 aliphatic rings. The fourth-order valence-electron chi connectivity index (χ4n) is 1.25. The number of carbonyl (C=O) groups is 1. The highest BCUT2D eigenvalue weighted by Gasteiger charge is 2.11. The Morgan fingerprint density at radius 2 is 2.26 bits per heavy atom. The number of anilines is 1. The fourth-order valence-corrected chi connectivity index (χ4v) is 1.25. The zero-order valence-electron chi connectivity index (χ0n) is 10.1. The summed E-state index contributed by atoms with van der Waals surface area (Å²) in [4.78, 5) is 11.3. The number of rotatable bonds is 4. The summed E-state index contributed by atoms with van der Waals surface area (Å²) in [7, 11) is 0. The van der Waals surface area contributed by atoms with Crippen LogP contribution < -0.4 is 5.32 Å². The molecule has 0 saturated heterocycles. The van der Waals surface area contributed by atoms with Gasteiger partial charge in [0.25, 0.3) is 0 Å². The molecule has 1 aromatic carbocycles. The summed E-state index contributed by atoms with van der Waals surface area (Å²) < 4.78 is 18.0. The Morgan fingerprint density at radius 1 is 1.53 bits per heavy atom. The van der Waals surface area contributed by atoms with Gasteiger partial charge in [0.2, 0.25) is 0 Å². The summed E-state index contributed by atoms with van der Waals surface area (Å²) in [6.45, 7) is 1.75. The molecule has 6 heteroatoms. The van der Waals surface area contributed by atoms with Gasteiger partial charge < -0.3 is 10.1 Å². The molecule has 0 radical (unpaired) electrons. The molecule has 0 aliphatic carbocycles. The van der Waals surface area contributed by atoms with Crippen LogP contribution in [0.2, 0.25) is 0 Å². The number of nitriles is 2. The first kappa shape index (κ1) is 14.2. The first-order valence-electron chi connectivity index (χ1n) is 5.36. The molecule has 0 spiro atoms. The summed E-state index contributed by atoms with van der Waals surface area (Å²) in [5.74, 6) is -1.47. The van der Waals surface area contributed by atoms with E-state index in [1.165, 1.54) is 12.1 Å². The number of nitrogens with zero attached hydrogens (tertiary/aromatic N) is 2. The van der Waals surface area contributed by atoms with E-state index in [4.69, 9.17) is 10.5 Å². The molecule has 1 aromatic rings. The summed E-state index contributed by atoms with van der Waals surface area (Å²) in [5.41, 5.74) is -0.297. The average molecular weight is 259 g/mol. The maximum atomic E-state index is 13.3. The van der Waals surface area contributed by atoms with E-state index in [0.717, 1.165) is 12.3 Å². The highest BCUT2D eigenvalue weighted by molar-refractivity contribution is 5.93. The number of hydrogen-bond acceptors (Lipinski definition) is 5. The molecule has 0 heterocycles. The predicted molar refractivity (Wildman–Crippen MR) is 65.1 cm³/mol. The normalized spacial score (nSPS) is 10.2. The van der Waals surface area contributed by atoms with Gasteiger partial charge in [-0.1, -0.05) is 6.07 Å². The number of hydrogen-bond donors (Lipinski definition) is 1. The second-order valence-corrected chi connectivity index (χ2v) is 3.31. The SMILES string of the molecule is CCOC(=O)/C(C#N)=C\Nc1cccc(F)c1C#N. The van der Waals surface area contributed by atoms with Gasteiger partial charge in [0.1, 0.15) is 23.5 Å². The van der Waals surface area contributed by atoms with Gasteiger partial charge in [-0.05, 0) is 19.1 Å². The van der Waals surface area contributed by atoms with E-state index in [-0.39, 0.29) is 23.4 Å². The van der Waals surface area contributed by atoms with Gasteiger partial charge in [-0.15, -0.1) is 0 Å². The monoisotopic (exact) mass is 259 g/mol. The molecule has 0 atom stereocenters. The van der Waals surface area contributed by atoms with Crippen LogP contribution in [-0.2, 0) is 9.53 Å². The molecule has 0 bridgehead atoms. The average Bonchev–Trinajstić information content (AvgIpc) is 2.40. The van der Waals surface area contributed by atoms with Crippen LogP contribution >= 0.6 is 0 Å². The second kappa shape index (κ2) is 6.77. The zero-order chi connectivity index (χ0) is 14.3. The molecule has 1 N–H and O–H groups in total. The Kier molecular flexibility index (Phi) is 5.06. The lowest BCUT2D eigenvalue weighted by atomic mass is 10.2. The van der Waals surface area contributed by atoms with Crippen LogP contribution in [0.1, 0.15) is 12.5 Å². The van der Waals surface area contributed by atoms with Crippen LogP contribution in [0.4, 0.5) is 10.1 Å². The van der Waals surface area contributed by atoms with Gasteiger partial charge in [-0.3, -0.25) is 0 Å². The highest BCUT2D eigenvalue weighted by atomic mass is 19.1. The summed E-state index contributed by atoms with van der Waals surface area (Å²) in [6.07, 6.45) is 1.08. The quantitative estimate of drug-likeness (QED) is 0.508. The number of nitrogens with one attached hydrogen (secondary N) is 1. The van der Waals surface area contributed by atoms with Crippen LogP contribution in [0.15, 0.2) is 30.0 Å². The van der Waals surface area contributed by atoms with E-state index in [2.05, 4.69) is 10.1 Å². The largest absolute Gasteiger partial charge is 0.462 e. The van der Waals surface area contributed by atoms with E-state index in [0.29, 0.717) is 0 Å². The van der Waals surface area contributed by atoms with E-state index in [9.17, 15) is 9.18 Å². The van der Waals surface area contributed by atoms with Crippen LogP contribution in [0.3, 0.4) is 0 Å². The van der Waals surface area contributed by atoms with Crippen molar-refractivity contribution in [3.05, 3.63) is 41.4 Å². The predicted octanol–water partition coefficient (Wildman–Crippen LogP) is 2.08. The van der Waals surface area contributed by atoms with Gasteiger partial charge in [0.15, 0.2) is 5.57 Å². The summed E-state index contributed by atoms with van der Waals surface area (Å²) >= 11 is 0. The molecule has 0 aromatic heterocycles. The number of ether oxygens (including phenoxy) is 1. The van der Waals surface area contributed by atoms with Crippen molar-refractivity contribution in [1.29, 1.82) is 10.5 Å². The lowest BCUT2D eigenvalue weighted by Gasteiger charge is -2.05. The zero-order valence-corrected chi connectivity index (χ0v) is 10.1. The molecular formula is C13H10FN3O2. The van der Waals surface area contributed by atoms with Crippen molar-refractivity contribution in [2.75, 3.05) is 11.9 Å². The first-order chi connectivity index (χ1) is 9.13. The van der Waals surface area contributed by atoms with Crippen LogP contribution in [0, 0.1) is 28.5 Å². The molecule has 0 unspecified atom stereocenters. The van der Waals surface area contributed by atoms with Crippen LogP contribution in [0.5, 0.6) is 0 Å². The van der Waals surface area contributed by atoms with E-state index in [1.54, 1.807) is 19.1 Å². The van der Waals surface area contributed by atoms with Gasteiger partial charge in [-0.2, -0.15) is 10.5 Å². The summed E-state index contributed by atoms with van der Waals surface area (Å²) in [6, 6.07) is 7.36. The van der Waals surface area contributed by atoms with Crippen molar-refractivity contribution in [1.82, 2.24) is 0 Å². The van der Waals surface area contributed by atoms with Crippen LogP contribution in [0.25, 0.3) is 0 Å². The third-order valence-corrected chi connectivity index (χ3v) is 2.11. The molecule has 19 heavy (non-hydrogen) atoms. The number of carbonyl (C=O) groups excluding carboxylic acids is 1. The molecule has 96 valence electrons. The van der Waals surface area contributed by atoms with Crippen molar-refractivity contribution in [3.63, 3.8) is 0 Å². The second-order valence-electron chi connectivity index (χ2n) is 3.31. The fraction of sp³-hybridized carbons (Fsp3) is 0.154. The van der Waals surface area contributed by atoms with Crippen molar-refractivity contribution < 1.29 is 13.9 Å². The Labute approximate surface area is 109 Å². The Bertz CT molecular complexity index is 597. The maximum Gasteiger partial charge on any atom is 0.350 e. The molecule has 5 nitrogen and oxygen atoms in total. The number of benzene rings is 1. The highest BCUT2D eigenvalue weighted by Crippen LogP contribution is 2.18. The smallest absolute Gasteiger partial charge is 0.350 e. The van der Waals surface area contributed by atoms with Crippen molar-refractivity contribution in [3.8, 4) is 12.1 Å². The Hall–Kier alpha value is -2.86. The van der Waals surface area contributed by atoms with Crippen molar-refractivity contribution >= 4 is 11.7 Å². The van der Waals surface area contributed by atoms with E-state index >= 15 is 0 Å². The molecule has 0 aliphatic heterocycles. The molecular weight excluding hydrogens is 249 g/mol. The third-order valence-electron chi connectivity index (χ3n) is 2.11. The summed E-state index contributed by atoms with van der Waals surface area (Å²) in [5, 5.41) is 20.1. The molecule has 0 saturated carbocycles. The van der Waals surface area contributed by atoms with Crippen molar-refractivity contribution in [2.24, 2.45) is 0 Å². The minimum absolute atomic E-state index is 0.140. The first-order valence-corrected chi connectivity index (χ1v) is 5.36. The molecule has 0 amide bonds. The Morgan fingerprint density at radius 3 is 2.84 bits per heavy atom. The topological polar surface area (TPSA) is 85.9 Å². The number of esters is 1.